The van der Waals surface area contributed by atoms with Crippen molar-refractivity contribution in [2.45, 2.75) is 54.5 Å². The summed E-state index contributed by atoms with van der Waals surface area (Å²) in [4.78, 5) is 0. The molecule has 0 aliphatic heterocycles. The van der Waals surface area contributed by atoms with Crippen LogP contribution in [0.25, 0.3) is 0 Å². The van der Waals surface area contributed by atoms with Crippen molar-refractivity contribution in [2.75, 3.05) is 0 Å². The molecule has 1 heteroatoms. The molecule has 0 nitrogen and oxygen atoms in total. The minimum absolute atomic E-state index is 1.11. The fourth-order valence-electron chi connectivity index (χ4n) is 4.65. The molecule has 0 heterocycles. The van der Waals surface area contributed by atoms with Gasteiger partial charge >= 0.3 is 0 Å². The van der Waals surface area contributed by atoms with Crippen molar-refractivity contribution < 1.29 is 0 Å². The average molecular weight is 347 g/mol. The van der Waals surface area contributed by atoms with Gasteiger partial charge in [0, 0.05) is 0 Å². The van der Waals surface area contributed by atoms with E-state index in [1.54, 1.807) is 21.1 Å². The Morgan fingerprint density at radius 2 is 1.04 bits per heavy atom. The smallest absolute Gasteiger partial charge is 0.0776 e. The van der Waals surface area contributed by atoms with E-state index >= 15 is 0 Å². The maximum atomic E-state index is 2.55. The van der Waals surface area contributed by atoms with Crippen molar-refractivity contribution in [3.63, 3.8) is 0 Å². The predicted molar refractivity (Wildman–Crippen MR) is 114 cm³/mol. The van der Waals surface area contributed by atoms with Crippen molar-refractivity contribution in [3.05, 3.63) is 81.1 Å². The largest absolute Gasteiger partial charge is 0.145 e. The van der Waals surface area contributed by atoms with Gasteiger partial charge in [0.15, 0.2) is 0 Å². The first-order chi connectivity index (χ1) is 11.7. The molecule has 1 aliphatic rings. The first-order valence-electron chi connectivity index (χ1n) is 9.26. The van der Waals surface area contributed by atoms with Crippen molar-refractivity contribution in [3.8, 4) is 0 Å². The average Bonchev–Trinajstić information content (AvgIpc) is 2.84. The lowest BCUT2D eigenvalue weighted by molar-refractivity contribution is 1.24. The first kappa shape index (κ1) is 17.9. The quantitative estimate of drug-likeness (QED) is 0.660. The van der Waals surface area contributed by atoms with Crippen LogP contribution >= 0.6 is 0 Å². The summed E-state index contributed by atoms with van der Waals surface area (Å²) < 4.78 is 0. The van der Waals surface area contributed by atoms with Gasteiger partial charge in [0.05, 0.1) is 0 Å². The summed E-state index contributed by atoms with van der Waals surface area (Å²) in [6.07, 6.45) is 3.53. The molecule has 2 aromatic rings. The number of hydrogen-bond acceptors (Lipinski definition) is 0. The van der Waals surface area contributed by atoms with E-state index in [1.165, 1.54) is 27.8 Å². The van der Waals surface area contributed by atoms with Crippen molar-refractivity contribution in [2.24, 2.45) is 0 Å². The van der Waals surface area contributed by atoms with E-state index in [0.717, 1.165) is 6.42 Å². The van der Waals surface area contributed by atoms with Gasteiger partial charge in [0.1, 0.15) is 8.07 Å². The van der Waals surface area contributed by atoms with E-state index in [4.69, 9.17) is 0 Å². The van der Waals surface area contributed by atoms with Crippen LogP contribution in [-0.2, 0) is 0 Å². The summed E-state index contributed by atoms with van der Waals surface area (Å²) in [5, 5.41) is 4.72. The lowest BCUT2D eigenvalue weighted by Gasteiger charge is -2.33. The second kappa shape index (κ2) is 6.46. The maximum Gasteiger partial charge on any atom is 0.145 e. The zero-order valence-corrected chi connectivity index (χ0v) is 17.7. The molecule has 3 rings (SSSR count). The topological polar surface area (TPSA) is 0 Å². The molecule has 0 N–H and O–H groups in total. The van der Waals surface area contributed by atoms with Gasteiger partial charge in [-0.15, -0.1) is 0 Å². The third kappa shape index (κ3) is 3.18. The molecule has 25 heavy (non-hydrogen) atoms. The molecular formula is C24H30Si. The van der Waals surface area contributed by atoms with E-state index in [1.807, 2.05) is 0 Å². The van der Waals surface area contributed by atoms with Gasteiger partial charge in [-0.3, -0.25) is 0 Å². The minimum atomic E-state index is -2.01. The molecule has 130 valence electrons. The van der Waals surface area contributed by atoms with Crippen LogP contribution in [0, 0.1) is 27.7 Å². The molecule has 0 spiro atoms. The standard InChI is InChI=1S/C24H30Si/c1-16-10-17(2)13-22(12-16)25(7,24-20(5)8-9-21(24)6)23-14-18(3)11-19(4)15-23/h8,10-15H,9H2,1-7H3. The van der Waals surface area contributed by atoms with Crippen LogP contribution in [-0.4, -0.2) is 8.07 Å². The third-order valence-corrected chi connectivity index (χ3v) is 10.3. The Hall–Kier alpha value is -1.86. The zero-order chi connectivity index (χ0) is 18.4. The highest BCUT2D eigenvalue weighted by atomic mass is 28.3. The Kier molecular flexibility index (Phi) is 4.63. The molecule has 1 aliphatic carbocycles. The molecule has 0 amide bonds. The van der Waals surface area contributed by atoms with Gasteiger partial charge in [0.25, 0.3) is 0 Å². The highest BCUT2D eigenvalue weighted by Crippen LogP contribution is 2.33. The van der Waals surface area contributed by atoms with Gasteiger partial charge in [-0.1, -0.05) is 82.4 Å². The molecule has 0 aromatic heterocycles. The van der Waals surface area contributed by atoms with Crippen LogP contribution in [0.4, 0.5) is 0 Å². The number of benzene rings is 2. The second-order valence-corrected chi connectivity index (χ2v) is 12.0. The Morgan fingerprint density at radius 1 is 0.640 bits per heavy atom. The van der Waals surface area contributed by atoms with E-state index in [9.17, 15) is 0 Å². The Labute approximate surface area is 154 Å². The molecule has 0 unspecified atom stereocenters. The van der Waals surface area contributed by atoms with Gasteiger partial charge < -0.3 is 0 Å². The van der Waals surface area contributed by atoms with Gasteiger partial charge in [-0.2, -0.15) is 0 Å². The maximum absolute atomic E-state index is 2.55. The van der Waals surface area contributed by atoms with Crippen molar-refractivity contribution >= 4 is 18.4 Å². The third-order valence-electron chi connectivity index (χ3n) is 5.63. The first-order valence-corrected chi connectivity index (χ1v) is 11.8. The fourth-order valence-corrected chi connectivity index (χ4v) is 9.47. The highest BCUT2D eigenvalue weighted by Gasteiger charge is 2.39. The number of allylic oxidation sites excluding steroid dienone is 4. The van der Waals surface area contributed by atoms with Gasteiger partial charge in [-0.25, -0.2) is 0 Å². The molecule has 2 aromatic carbocycles. The summed E-state index contributed by atoms with van der Waals surface area (Å²) in [6, 6.07) is 14.3. The van der Waals surface area contributed by atoms with Crippen LogP contribution in [0.2, 0.25) is 6.55 Å². The Bertz CT molecular complexity index is 804. The van der Waals surface area contributed by atoms with E-state index < -0.39 is 8.07 Å². The molecule has 0 saturated heterocycles. The van der Waals surface area contributed by atoms with Gasteiger partial charge in [0.2, 0.25) is 0 Å². The second-order valence-electron chi connectivity index (χ2n) is 8.12. The minimum Gasteiger partial charge on any atom is -0.0776 e. The SMILES string of the molecule is CC1=CCC(C)=C1[Si](C)(c1cc(C)cc(C)c1)c1cc(C)cc(C)c1. The molecule has 0 atom stereocenters. The predicted octanol–water partition coefficient (Wildman–Crippen LogP) is 5.32. The molecule has 0 bridgehead atoms. The molecule has 0 fully saturated rings. The normalized spacial score (nSPS) is 14.9. The van der Waals surface area contributed by atoms with Crippen LogP contribution in [0.3, 0.4) is 0 Å². The van der Waals surface area contributed by atoms with Crippen LogP contribution in [0.1, 0.15) is 42.5 Å². The monoisotopic (exact) mass is 346 g/mol. The van der Waals surface area contributed by atoms with E-state index in [2.05, 4.69) is 90.6 Å². The zero-order valence-electron chi connectivity index (χ0n) is 16.7. The van der Waals surface area contributed by atoms with Crippen LogP contribution in [0.5, 0.6) is 0 Å². The van der Waals surface area contributed by atoms with Crippen molar-refractivity contribution in [1.29, 1.82) is 0 Å². The summed E-state index contributed by atoms with van der Waals surface area (Å²) >= 11 is 0. The summed E-state index contributed by atoms with van der Waals surface area (Å²) in [5.74, 6) is 0. The molecule has 0 saturated carbocycles. The van der Waals surface area contributed by atoms with E-state index in [-0.39, 0.29) is 0 Å². The van der Waals surface area contributed by atoms with Crippen LogP contribution < -0.4 is 10.4 Å². The number of rotatable bonds is 3. The summed E-state index contributed by atoms with van der Waals surface area (Å²) in [6.45, 7) is 16.1. The lowest BCUT2D eigenvalue weighted by atomic mass is 10.1. The van der Waals surface area contributed by atoms with Gasteiger partial charge in [-0.05, 0) is 63.5 Å². The number of aryl methyl sites for hydroxylation is 4. The Morgan fingerprint density at radius 3 is 1.36 bits per heavy atom. The summed E-state index contributed by atoms with van der Waals surface area (Å²) in [5.41, 5.74) is 8.54. The highest BCUT2D eigenvalue weighted by molar-refractivity contribution is 7.07. The van der Waals surface area contributed by atoms with Crippen LogP contribution in [0.15, 0.2) is 58.8 Å². The molecular weight excluding hydrogens is 316 g/mol. The fraction of sp³-hybridized carbons (Fsp3) is 0.333. The lowest BCUT2D eigenvalue weighted by Crippen LogP contribution is -2.58. The molecule has 0 radical (unpaired) electrons. The number of hydrogen-bond donors (Lipinski definition) is 0. The van der Waals surface area contributed by atoms with E-state index in [0.29, 0.717) is 0 Å². The Balaban J connectivity index is 2.36. The van der Waals surface area contributed by atoms with Crippen molar-refractivity contribution in [1.82, 2.24) is 0 Å². The summed E-state index contributed by atoms with van der Waals surface area (Å²) in [7, 11) is -2.01.